The number of ether oxygens (including phenoxy) is 1. The molecule has 1 amide bonds. The number of benzene rings is 1. The van der Waals surface area contributed by atoms with Gasteiger partial charge in [0.2, 0.25) is 0 Å². The number of hydrogen-bond donors (Lipinski definition) is 0. The number of alkyl halides is 3. The molecule has 2 rings (SSSR count). The summed E-state index contributed by atoms with van der Waals surface area (Å²) < 4.78 is 42.8. The number of terminal acetylenes is 1. The van der Waals surface area contributed by atoms with Gasteiger partial charge in [-0.1, -0.05) is 5.92 Å². The summed E-state index contributed by atoms with van der Waals surface area (Å²) in [5, 5.41) is 0. The molecular weight excluding hydrogens is 283 g/mol. The minimum absolute atomic E-state index is 0.0928. The maximum atomic E-state index is 12.5. The second-order valence-corrected chi connectivity index (χ2v) is 4.80. The normalized spacial score (nSPS) is 14.4. The first-order chi connectivity index (χ1) is 9.90. The van der Waals surface area contributed by atoms with Crippen molar-refractivity contribution in [3.63, 3.8) is 0 Å². The van der Waals surface area contributed by atoms with Gasteiger partial charge in [0.25, 0.3) is 5.91 Å². The van der Waals surface area contributed by atoms with Crippen LogP contribution >= 0.6 is 0 Å². The molecule has 0 spiro atoms. The van der Waals surface area contributed by atoms with Gasteiger partial charge in [-0.15, -0.1) is 6.42 Å². The Labute approximate surface area is 120 Å². The van der Waals surface area contributed by atoms with Crippen LogP contribution in [0.5, 0.6) is 5.75 Å². The molecule has 1 fully saturated rings. The van der Waals surface area contributed by atoms with Gasteiger partial charge in [0.15, 0.2) is 0 Å². The lowest BCUT2D eigenvalue weighted by atomic mass is 10.2. The summed E-state index contributed by atoms with van der Waals surface area (Å²) in [4.78, 5) is 13.1. The van der Waals surface area contributed by atoms with Crippen LogP contribution in [0.15, 0.2) is 24.3 Å². The van der Waals surface area contributed by atoms with Gasteiger partial charge >= 0.3 is 6.18 Å². The number of hydrogen-bond acceptors (Lipinski definition) is 2. The molecule has 0 N–H and O–H groups in total. The second kappa shape index (κ2) is 6.08. The van der Waals surface area contributed by atoms with E-state index in [4.69, 9.17) is 11.2 Å². The van der Waals surface area contributed by atoms with E-state index < -0.39 is 18.6 Å². The Morgan fingerprint density at radius 2 is 1.95 bits per heavy atom. The van der Waals surface area contributed by atoms with Crippen molar-refractivity contribution in [2.75, 3.05) is 13.2 Å². The van der Waals surface area contributed by atoms with E-state index in [9.17, 15) is 18.0 Å². The van der Waals surface area contributed by atoms with Crippen molar-refractivity contribution in [2.45, 2.75) is 25.1 Å². The molecule has 0 aromatic heterocycles. The first-order valence-corrected chi connectivity index (χ1v) is 6.45. The van der Waals surface area contributed by atoms with Crippen LogP contribution in [-0.4, -0.2) is 36.2 Å². The molecule has 0 saturated heterocycles. The van der Waals surface area contributed by atoms with E-state index in [0.29, 0.717) is 18.6 Å². The summed E-state index contributed by atoms with van der Waals surface area (Å²) in [7, 11) is 0. The van der Waals surface area contributed by atoms with Crippen LogP contribution in [-0.2, 0) is 0 Å². The fourth-order valence-corrected chi connectivity index (χ4v) is 1.93. The first-order valence-electron chi connectivity index (χ1n) is 6.45. The highest BCUT2D eigenvalue weighted by Crippen LogP contribution is 2.31. The predicted molar refractivity (Wildman–Crippen MR) is 70.9 cm³/mol. The minimum Gasteiger partial charge on any atom is -0.481 e. The SMILES string of the molecule is C#CCOc1ccc(C(=O)N(CC(F)(F)F)C2CC2)cc1. The molecule has 1 aromatic rings. The van der Waals surface area contributed by atoms with Gasteiger partial charge in [0.05, 0.1) is 0 Å². The van der Waals surface area contributed by atoms with E-state index in [0.717, 1.165) is 4.90 Å². The number of amides is 1. The van der Waals surface area contributed by atoms with Crippen LogP contribution < -0.4 is 4.74 Å². The number of carbonyl (C=O) groups excluding carboxylic acids is 1. The zero-order valence-corrected chi connectivity index (χ0v) is 11.2. The molecule has 1 aliphatic rings. The minimum atomic E-state index is -4.39. The third-order valence-corrected chi connectivity index (χ3v) is 3.02. The molecule has 0 heterocycles. The summed E-state index contributed by atoms with van der Waals surface area (Å²) in [5.41, 5.74) is 0.208. The van der Waals surface area contributed by atoms with Crippen LogP contribution in [0.4, 0.5) is 13.2 Å². The maximum absolute atomic E-state index is 12.5. The van der Waals surface area contributed by atoms with Crippen molar-refractivity contribution in [3.05, 3.63) is 29.8 Å². The lowest BCUT2D eigenvalue weighted by Crippen LogP contribution is -2.40. The van der Waals surface area contributed by atoms with E-state index >= 15 is 0 Å². The monoisotopic (exact) mass is 297 g/mol. The molecule has 0 aliphatic heterocycles. The number of nitrogens with zero attached hydrogens (tertiary/aromatic N) is 1. The van der Waals surface area contributed by atoms with Gasteiger partial charge < -0.3 is 9.64 Å². The highest BCUT2D eigenvalue weighted by molar-refractivity contribution is 5.94. The van der Waals surface area contributed by atoms with Gasteiger partial charge in [-0.25, -0.2) is 0 Å². The van der Waals surface area contributed by atoms with Gasteiger partial charge in [-0.3, -0.25) is 4.79 Å². The largest absolute Gasteiger partial charge is 0.481 e. The van der Waals surface area contributed by atoms with E-state index in [2.05, 4.69) is 5.92 Å². The van der Waals surface area contributed by atoms with Crippen LogP contribution in [0.3, 0.4) is 0 Å². The van der Waals surface area contributed by atoms with Crippen LogP contribution in [0.25, 0.3) is 0 Å². The summed E-state index contributed by atoms with van der Waals surface area (Å²) in [6.45, 7) is -1.12. The molecule has 3 nitrogen and oxygen atoms in total. The van der Waals surface area contributed by atoms with Crippen molar-refractivity contribution in [1.82, 2.24) is 4.90 Å². The van der Waals surface area contributed by atoms with E-state index in [1.54, 1.807) is 0 Å². The Morgan fingerprint density at radius 1 is 1.33 bits per heavy atom. The molecule has 0 bridgehead atoms. The lowest BCUT2D eigenvalue weighted by molar-refractivity contribution is -0.141. The van der Waals surface area contributed by atoms with Gasteiger partial charge in [-0.05, 0) is 37.1 Å². The average molecular weight is 297 g/mol. The molecule has 0 radical (unpaired) electrons. The molecule has 0 atom stereocenters. The molecule has 112 valence electrons. The summed E-state index contributed by atoms with van der Waals surface area (Å²) in [6.07, 6.45) is 1.89. The Morgan fingerprint density at radius 3 is 2.43 bits per heavy atom. The Bertz CT molecular complexity index is 542. The number of carbonyl (C=O) groups is 1. The van der Waals surface area contributed by atoms with Gasteiger partial charge in [-0.2, -0.15) is 13.2 Å². The van der Waals surface area contributed by atoms with Crippen molar-refractivity contribution < 1.29 is 22.7 Å². The molecule has 6 heteroatoms. The Kier molecular flexibility index (Phi) is 4.41. The fraction of sp³-hybridized carbons (Fsp3) is 0.400. The van der Waals surface area contributed by atoms with Crippen molar-refractivity contribution in [2.24, 2.45) is 0 Å². The Balaban J connectivity index is 2.08. The summed E-state index contributed by atoms with van der Waals surface area (Å²) >= 11 is 0. The number of rotatable bonds is 5. The maximum Gasteiger partial charge on any atom is 0.406 e. The van der Waals surface area contributed by atoms with Crippen LogP contribution in [0, 0.1) is 12.3 Å². The third kappa shape index (κ3) is 4.42. The van der Waals surface area contributed by atoms with E-state index in [1.807, 2.05) is 0 Å². The standard InChI is InChI=1S/C15H14F3NO2/c1-2-9-21-13-7-3-11(4-8-13)14(20)19(12-5-6-12)10-15(16,17)18/h1,3-4,7-8,12H,5-6,9-10H2. The topological polar surface area (TPSA) is 29.5 Å². The lowest BCUT2D eigenvalue weighted by Gasteiger charge is -2.23. The van der Waals surface area contributed by atoms with Crippen LogP contribution in [0.1, 0.15) is 23.2 Å². The average Bonchev–Trinajstić information content (AvgIpc) is 3.26. The summed E-state index contributed by atoms with van der Waals surface area (Å²) in [5.74, 6) is 2.16. The van der Waals surface area contributed by atoms with Crippen LogP contribution in [0.2, 0.25) is 0 Å². The van der Waals surface area contributed by atoms with Gasteiger partial charge in [0, 0.05) is 11.6 Å². The molecular formula is C15H14F3NO2. The highest BCUT2D eigenvalue weighted by atomic mass is 19.4. The molecule has 0 unspecified atom stereocenters. The second-order valence-electron chi connectivity index (χ2n) is 4.80. The first kappa shape index (κ1) is 15.2. The molecule has 1 saturated carbocycles. The zero-order valence-electron chi connectivity index (χ0n) is 11.2. The molecule has 1 aliphatic carbocycles. The van der Waals surface area contributed by atoms with E-state index in [1.165, 1.54) is 24.3 Å². The smallest absolute Gasteiger partial charge is 0.406 e. The third-order valence-electron chi connectivity index (χ3n) is 3.02. The highest BCUT2D eigenvalue weighted by Gasteiger charge is 2.40. The van der Waals surface area contributed by atoms with Crippen molar-refractivity contribution >= 4 is 5.91 Å². The quantitative estimate of drug-likeness (QED) is 0.782. The van der Waals surface area contributed by atoms with Crippen molar-refractivity contribution in [1.29, 1.82) is 0 Å². The Hall–Kier alpha value is -2.16. The zero-order chi connectivity index (χ0) is 15.5. The molecule has 1 aromatic carbocycles. The van der Waals surface area contributed by atoms with Crippen molar-refractivity contribution in [3.8, 4) is 18.1 Å². The van der Waals surface area contributed by atoms with Gasteiger partial charge in [0.1, 0.15) is 18.9 Å². The summed E-state index contributed by atoms with van der Waals surface area (Å²) in [6, 6.07) is 5.61. The molecule has 21 heavy (non-hydrogen) atoms. The number of halogens is 3. The fourth-order valence-electron chi connectivity index (χ4n) is 1.93. The van der Waals surface area contributed by atoms with E-state index in [-0.39, 0.29) is 18.2 Å². The predicted octanol–water partition coefficient (Wildman–Crippen LogP) is 2.87.